The molecule has 2 aromatic rings. The van der Waals surface area contributed by atoms with E-state index in [9.17, 15) is 9.59 Å². The number of amides is 2. The third kappa shape index (κ3) is 3.59. The summed E-state index contributed by atoms with van der Waals surface area (Å²) in [4.78, 5) is 26.5. The van der Waals surface area contributed by atoms with Gasteiger partial charge in [0.05, 0.1) is 6.42 Å². The molecule has 0 saturated carbocycles. The minimum Gasteiger partial charge on any atom is -0.344 e. The SMILES string of the molecule is Cn1ccc(N2CCCC(NC(=O)Cc3ccccc3Cl)C2=O)n1. The van der Waals surface area contributed by atoms with Crippen LogP contribution in [0.25, 0.3) is 0 Å². The van der Waals surface area contributed by atoms with Crippen molar-refractivity contribution in [3.05, 3.63) is 47.1 Å². The van der Waals surface area contributed by atoms with Crippen LogP contribution in [0.15, 0.2) is 36.5 Å². The van der Waals surface area contributed by atoms with Crippen LogP contribution in [-0.2, 0) is 23.1 Å². The van der Waals surface area contributed by atoms with Gasteiger partial charge in [0.1, 0.15) is 6.04 Å². The molecule has 3 rings (SSSR count). The van der Waals surface area contributed by atoms with Gasteiger partial charge in [-0.05, 0) is 24.5 Å². The van der Waals surface area contributed by atoms with Gasteiger partial charge >= 0.3 is 0 Å². The number of hydrogen-bond donors (Lipinski definition) is 1. The Kier molecular flexibility index (Phi) is 4.85. The van der Waals surface area contributed by atoms with Crippen LogP contribution in [0.5, 0.6) is 0 Å². The zero-order chi connectivity index (χ0) is 17.1. The summed E-state index contributed by atoms with van der Waals surface area (Å²) >= 11 is 6.08. The van der Waals surface area contributed by atoms with E-state index in [0.29, 0.717) is 23.8 Å². The Morgan fingerprint density at radius 2 is 2.17 bits per heavy atom. The molecule has 0 bridgehead atoms. The lowest BCUT2D eigenvalue weighted by atomic mass is 10.0. The Bertz CT molecular complexity index is 759. The first-order valence-electron chi connectivity index (χ1n) is 7.88. The highest BCUT2D eigenvalue weighted by molar-refractivity contribution is 6.31. The predicted octanol–water partition coefficient (Wildman–Crippen LogP) is 1.93. The van der Waals surface area contributed by atoms with Gasteiger partial charge in [-0.3, -0.25) is 19.2 Å². The Labute approximate surface area is 145 Å². The van der Waals surface area contributed by atoms with E-state index in [1.807, 2.05) is 18.2 Å². The number of aryl methyl sites for hydroxylation is 1. The first-order chi connectivity index (χ1) is 11.5. The monoisotopic (exact) mass is 346 g/mol. The van der Waals surface area contributed by atoms with Gasteiger partial charge in [0.25, 0.3) is 5.91 Å². The Balaban J connectivity index is 1.65. The molecule has 6 nitrogen and oxygen atoms in total. The van der Waals surface area contributed by atoms with E-state index in [2.05, 4.69) is 10.4 Å². The zero-order valence-electron chi connectivity index (χ0n) is 13.4. The molecule has 1 unspecified atom stereocenters. The van der Waals surface area contributed by atoms with Crippen LogP contribution < -0.4 is 10.2 Å². The first kappa shape index (κ1) is 16.5. The predicted molar refractivity (Wildman–Crippen MR) is 91.9 cm³/mol. The number of halogens is 1. The van der Waals surface area contributed by atoms with E-state index in [1.54, 1.807) is 35.0 Å². The van der Waals surface area contributed by atoms with Crippen molar-refractivity contribution < 1.29 is 9.59 Å². The number of nitrogens with one attached hydrogen (secondary N) is 1. The normalized spacial score (nSPS) is 17.8. The van der Waals surface area contributed by atoms with Crippen molar-refractivity contribution in [2.24, 2.45) is 7.05 Å². The van der Waals surface area contributed by atoms with Crippen LogP contribution in [-0.4, -0.2) is 34.2 Å². The van der Waals surface area contributed by atoms with Crippen molar-refractivity contribution in [3.8, 4) is 0 Å². The summed E-state index contributed by atoms with van der Waals surface area (Å²) in [5.41, 5.74) is 0.751. The summed E-state index contributed by atoms with van der Waals surface area (Å²) in [6.45, 7) is 0.618. The van der Waals surface area contributed by atoms with Crippen LogP contribution in [0.2, 0.25) is 5.02 Å². The lowest BCUT2D eigenvalue weighted by molar-refractivity contribution is -0.128. The summed E-state index contributed by atoms with van der Waals surface area (Å²) in [6, 6.07) is 8.49. The molecule has 0 spiro atoms. The molecular weight excluding hydrogens is 328 g/mol. The molecule has 1 aliphatic heterocycles. The summed E-state index contributed by atoms with van der Waals surface area (Å²) in [6.07, 6.45) is 3.41. The molecule has 2 amide bonds. The summed E-state index contributed by atoms with van der Waals surface area (Å²) in [5.74, 6) is 0.296. The lowest BCUT2D eigenvalue weighted by Crippen LogP contribution is -2.52. The number of anilines is 1. The van der Waals surface area contributed by atoms with Crippen molar-refractivity contribution >= 4 is 29.2 Å². The van der Waals surface area contributed by atoms with E-state index >= 15 is 0 Å². The number of aromatic nitrogens is 2. The van der Waals surface area contributed by atoms with Crippen LogP contribution in [0.4, 0.5) is 5.82 Å². The Morgan fingerprint density at radius 1 is 1.38 bits per heavy atom. The summed E-state index contributed by atoms with van der Waals surface area (Å²) < 4.78 is 1.65. The number of carbonyl (C=O) groups is 2. The number of hydrogen-bond acceptors (Lipinski definition) is 3. The highest BCUT2D eigenvalue weighted by Crippen LogP contribution is 2.20. The fraction of sp³-hybridized carbons (Fsp3) is 0.353. The number of rotatable bonds is 4. The third-order valence-electron chi connectivity index (χ3n) is 4.06. The highest BCUT2D eigenvalue weighted by Gasteiger charge is 2.31. The molecule has 1 aliphatic rings. The minimum absolute atomic E-state index is 0.118. The molecule has 1 atom stereocenters. The summed E-state index contributed by atoms with van der Waals surface area (Å²) in [5, 5.41) is 7.65. The Hall–Kier alpha value is -2.34. The number of carbonyl (C=O) groups excluding carboxylic acids is 2. The van der Waals surface area contributed by atoms with E-state index in [0.717, 1.165) is 12.0 Å². The standard InChI is InChI=1S/C17H19ClN4O2/c1-21-10-8-15(20-21)22-9-4-7-14(17(22)24)19-16(23)11-12-5-2-3-6-13(12)18/h2-3,5-6,8,10,14H,4,7,9,11H2,1H3,(H,19,23). The van der Waals surface area contributed by atoms with Crippen molar-refractivity contribution in [3.63, 3.8) is 0 Å². The molecule has 1 aromatic carbocycles. The van der Waals surface area contributed by atoms with Crippen molar-refractivity contribution in [1.29, 1.82) is 0 Å². The van der Waals surface area contributed by atoms with Gasteiger partial charge in [-0.25, -0.2) is 0 Å². The largest absolute Gasteiger partial charge is 0.344 e. The molecule has 24 heavy (non-hydrogen) atoms. The fourth-order valence-corrected chi connectivity index (χ4v) is 3.05. The topological polar surface area (TPSA) is 67.2 Å². The molecule has 2 heterocycles. The van der Waals surface area contributed by atoms with E-state index in [-0.39, 0.29) is 18.2 Å². The van der Waals surface area contributed by atoms with Gasteiger partial charge in [-0.2, -0.15) is 5.10 Å². The van der Waals surface area contributed by atoms with Crippen LogP contribution >= 0.6 is 11.6 Å². The molecule has 1 saturated heterocycles. The lowest BCUT2D eigenvalue weighted by Gasteiger charge is -2.31. The smallest absolute Gasteiger partial charge is 0.250 e. The molecular formula is C17H19ClN4O2. The van der Waals surface area contributed by atoms with E-state index < -0.39 is 6.04 Å². The second-order valence-electron chi connectivity index (χ2n) is 5.87. The zero-order valence-corrected chi connectivity index (χ0v) is 14.2. The minimum atomic E-state index is -0.518. The quantitative estimate of drug-likeness (QED) is 0.919. The maximum atomic E-state index is 12.6. The number of nitrogens with zero attached hydrogens (tertiary/aromatic N) is 3. The second kappa shape index (κ2) is 7.05. The molecule has 7 heteroatoms. The maximum absolute atomic E-state index is 12.6. The van der Waals surface area contributed by atoms with Crippen molar-refractivity contribution in [2.75, 3.05) is 11.4 Å². The molecule has 1 aromatic heterocycles. The van der Waals surface area contributed by atoms with Crippen LogP contribution in [0.3, 0.4) is 0 Å². The molecule has 1 fully saturated rings. The van der Waals surface area contributed by atoms with Gasteiger partial charge in [-0.1, -0.05) is 29.8 Å². The van der Waals surface area contributed by atoms with E-state index in [1.165, 1.54) is 0 Å². The highest BCUT2D eigenvalue weighted by atomic mass is 35.5. The van der Waals surface area contributed by atoms with Gasteiger partial charge in [0.2, 0.25) is 5.91 Å². The molecule has 0 radical (unpaired) electrons. The van der Waals surface area contributed by atoms with Crippen LogP contribution in [0, 0.1) is 0 Å². The summed E-state index contributed by atoms with van der Waals surface area (Å²) in [7, 11) is 1.81. The van der Waals surface area contributed by atoms with Crippen molar-refractivity contribution in [2.45, 2.75) is 25.3 Å². The fourth-order valence-electron chi connectivity index (χ4n) is 2.84. The molecule has 126 valence electrons. The third-order valence-corrected chi connectivity index (χ3v) is 4.43. The number of piperidine rings is 1. The average Bonchev–Trinajstić information content (AvgIpc) is 2.98. The van der Waals surface area contributed by atoms with Crippen molar-refractivity contribution in [1.82, 2.24) is 15.1 Å². The van der Waals surface area contributed by atoms with Gasteiger partial charge in [-0.15, -0.1) is 0 Å². The van der Waals surface area contributed by atoms with E-state index in [4.69, 9.17) is 11.6 Å². The second-order valence-corrected chi connectivity index (χ2v) is 6.28. The maximum Gasteiger partial charge on any atom is 0.250 e. The Morgan fingerprint density at radius 3 is 2.88 bits per heavy atom. The first-order valence-corrected chi connectivity index (χ1v) is 8.26. The molecule has 0 aliphatic carbocycles. The number of benzene rings is 1. The van der Waals surface area contributed by atoms with Crippen LogP contribution in [0.1, 0.15) is 18.4 Å². The van der Waals surface area contributed by atoms with Gasteiger partial charge in [0.15, 0.2) is 5.82 Å². The molecule has 1 N–H and O–H groups in total. The average molecular weight is 347 g/mol. The van der Waals surface area contributed by atoms with Gasteiger partial charge < -0.3 is 5.32 Å². The van der Waals surface area contributed by atoms with Gasteiger partial charge in [0, 0.05) is 30.9 Å².